The molecule has 0 N–H and O–H groups in total. The van der Waals surface area contributed by atoms with E-state index >= 15 is 0 Å². The molecule has 0 radical (unpaired) electrons. The standard InChI is InChI=1S/C23H36N2O4/c1-5-14-24(15-6-2)22(26)10-7-11-23(27)25-16-8-9-20(25)19-17-18(28-3)12-13-21(19)29-4/h12-13,17,20H,5-11,14-16H2,1-4H3. The third kappa shape index (κ3) is 6.12. The van der Waals surface area contributed by atoms with Gasteiger partial charge < -0.3 is 19.3 Å². The van der Waals surface area contributed by atoms with Crippen LogP contribution in [0, 0.1) is 0 Å². The molecule has 1 fully saturated rings. The molecule has 1 aliphatic rings. The minimum absolute atomic E-state index is 0.0000622. The minimum atomic E-state index is -0.0000622. The van der Waals surface area contributed by atoms with Crippen LogP contribution in [0.15, 0.2) is 18.2 Å². The van der Waals surface area contributed by atoms with Gasteiger partial charge in [0.25, 0.3) is 0 Å². The van der Waals surface area contributed by atoms with Gasteiger partial charge in [-0.15, -0.1) is 0 Å². The molecule has 1 aliphatic heterocycles. The number of amides is 2. The first kappa shape index (κ1) is 23.0. The summed E-state index contributed by atoms with van der Waals surface area (Å²) in [5, 5.41) is 0. The van der Waals surface area contributed by atoms with Gasteiger partial charge in [-0.3, -0.25) is 9.59 Å². The number of nitrogens with zero attached hydrogens (tertiary/aromatic N) is 2. The summed E-state index contributed by atoms with van der Waals surface area (Å²) in [7, 11) is 3.29. The number of hydrogen-bond donors (Lipinski definition) is 0. The van der Waals surface area contributed by atoms with E-state index < -0.39 is 0 Å². The van der Waals surface area contributed by atoms with E-state index in [2.05, 4.69) is 13.8 Å². The van der Waals surface area contributed by atoms with Gasteiger partial charge in [0.1, 0.15) is 11.5 Å². The summed E-state index contributed by atoms with van der Waals surface area (Å²) in [4.78, 5) is 29.2. The number of carbonyl (C=O) groups excluding carboxylic acids is 2. The molecule has 2 rings (SSSR count). The summed E-state index contributed by atoms with van der Waals surface area (Å²) in [5.41, 5.74) is 0.992. The fraction of sp³-hybridized carbons (Fsp3) is 0.652. The number of rotatable bonds is 11. The van der Waals surface area contributed by atoms with Crippen LogP contribution >= 0.6 is 0 Å². The second-order valence-electron chi connectivity index (χ2n) is 7.59. The zero-order chi connectivity index (χ0) is 21.2. The maximum Gasteiger partial charge on any atom is 0.223 e. The van der Waals surface area contributed by atoms with E-state index in [4.69, 9.17) is 9.47 Å². The molecule has 29 heavy (non-hydrogen) atoms. The number of methoxy groups -OCH3 is 2. The van der Waals surface area contributed by atoms with E-state index in [1.165, 1.54) is 0 Å². The van der Waals surface area contributed by atoms with Crippen molar-refractivity contribution in [1.82, 2.24) is 9.80 Å². The number of benzene rings is 1. The Labute approximate surface area is 175 Å². The van der Waals surface area contributed by atoms with Crippen molar-refractivity contribution in [2.75, 3.05) is 33.9 Å². The molecule has 1 heterocycles. The molecule has 162 valence electrons. The Morgan fingerprint density at radius 1 is 1.10 bits per heavy atom. The van der Waals surface area contributed by atoms with E-state index in [9.17, 15) is 9.59 Å². The fourth-order valence-corrected chi connectivity index (χ4v) is 4.08. The van der Waals surface area contributed by atoms with Crippen molar-refractivity contribution in [2.45, 2.75) is 64.8 Å². The first-order valence-electron chi connectivity index (χ1n) is 10.8. The number of hydrogen-bond acceptors (Lipinski definition) is 4. The van der Waals surface area contributed by atoms with Gasteiger partial charge in [0, 0.05) is 38.0 Å². The molecule has 6 nitrogen and oxygen atoms in total. The molecule has 1 saturated heterocycles. The van der Waals surface area contributed by atoms with Crippen molar-refractivity contribution in [3.63, 3.8) is 0 Å². The molecule has 2 amide bonds. The molecule has 0 spiro atoms. The van der Waals surface area contributed by atoms with Crippen LogP contribution < -0.4 is 9.47 Å². The normalized spacial score (nSPS) is 16.0. The van der Waals surface area contributed by atoms with Crippen LogP contribution in [0.4, 0.5) is 0 Å². The third-order valence-electron chi connectivity index (χ3n) is 5.49. The summed E-state index contributed by atoms with van der Waals surface area (Å²) in [6.07, 6.45) is 5.24. The molecule has 0 aliphatic carbocycles. The van der Waals surface area contributed by atoms with Gasteiger partial charge in [-0.25, -0.2) is 0 Å². The fourth-order valence-electron chi connectivity index (χ4n) is 4.08. The number of likely N-dealkylation sites (tertiary alicyclic amines) is 1. The van der Waals surface area contributed by atoms with Crippen LogP contribution in [0.2, 0.25) is 0 Å². The smallest absolute Gasteiger partial charge is 0.223 e. The van der Waals surface area contributed by atoms with Crippen LogP contribution in [-0.4, -0.2) is 55.5 Å². The quantitative estimate of drug-likeness (QED) is 0.555. The predicted octanol–water partition coefficient (Wildman–Crippen LogP) is 4.19. The third-order valence-corrected chi connectivity index (χ3v) is 5.49. The summed E-state index contributed by atoms with van der Waals surface area (Å²) >= 11 is 0. The van der Waals surface area contributed by atoms with E-state index in [0.29, 0.717) is 19.3 Å². The highest BCUT2D eigenvalue weighted by molar-refractivity contribution is 5.79. The number of carbonyl (C=O) groups is 2. The maximum absolute atomic E-state index is 12.9. The van der Waals surface area contributed by atoms with Crippen molar-refractivity contribution in [3.05, 3.63) is 23.8 Å². The topological polar surface area (TPSA) is 59.1 Å². The summed E-state index contributed by atoms with van der Waals surface area (Å²) in [5.74, 6) is 1.81. The minimum Gasteiger partial charge on any atom is -0.497 e. The molecule has 0 aromatic heterocycles. The largest absolute Gasteiger partial charge is 0.497 e. The Hall–Kier alpha value is -2.24. The lowest BCUT2D eigenvalue weighted by atomic mass is 10.0. The van der Waals surface area contributed by atoms with E-state index in [0.717, 1.165) is 62.4 Å². The Bertz CT molecular complexity index is 671. The zero-order valence-corrected chi connectivity index (χ0v) is 18.4. The summed E-state index contributed by atoms with van der Waals surface area (Å²) in [6, 6.07) is 5.73. The van der Waals surface area contributed by atoms with Crippen LogP contribution in [0.3, 0.4) is 0 Å². The van der Waals surface area contributed by atoms with Crippen molar-refractivity contribution in [3.8, 4) is 11.5 Å². The monoisotopic (exact) mass is 404 g/mol. The van der Waals surface area contributed by atoms with Gasteiger partial charge in [0.05, 0.1) is 20.3 Å². The van der Waals surface area contributed by atoms with E-state index in [1.54, 1.807) is 14.2 Å². The zero-order valence-electron chi connectivity index (χ0n) is 18.4. The van der Waals surface area contributed by atoms with Crippen LogP contribution in [0.25, 0.3) is 0 Å². The van der Waals surface area contributed by atoms with Gasteiger partial charge in [0.15, 0.2) is 0 Å². The first-order valence-corrected chi connectivity index (χ1v) is 10.8. The van der Waals surface area contributed by atoms with Gasteiger partial charge in [0.2, 0.25) is 11.8 Å². The molecule has 1 atom stereocenters. The van der Waals surface area contributed by atoms with Gasteiger partial charge in [-0.2, -0.15) is 0 Å². The lowest BCUT2D eigenvalue weighted by Crippen LogP contribution is -2.33. The Balaban J connectivity index is 1.97. The lowest BCUT2D eigenvalue weighted by Gasteiger charge is -2.27. The maximum atomic E-state index is 12.9. The van der Waals surface area contributed by atoms with Gasteiger partial charge in [-0.05, 0) is 50.3 Å². The summed E-state index contributed by atoms with van der Waals surface area (Å²) < 4.78 is 10.9. The van der Waals surface area contributed by atoms with Gasteiger partial charge in [-0.1, -0.05) is 13.8 Å². The molecule has 1 aromatic carbocycles. The first-order chi connectivity index (χ1) is 14.0. The predicted molar refractivity (Wildman–Crippen MR) is 114 cm³/mol. The highest BCUT2D eigenvalue weighted by atomic mass is 16.5. The Morgan fingerprint density at radius 2 is 1.83 bits per heavy atom. The molecule has 0 saturated carbocycles. The SMILES string of the molecule is CCCN(CCC)C(=O)CCCC(=O)N1CCCC1c1cc(OC)ccc1OC. The summed E-state index contributed by atoms with van der Waals surface area (Å²) in [6.45, 7) is 6.50. The second-order valence-corrected chi connectivity index (χ2v) is 7.59. The lowest BCUT2D eigenvalue weighted by molar-refractivity contribution is -0.133. The van der Waals surface area contributed by atoms with Gasteiger partial charge >= 0.3 is 0 Å². The highest BCUT2D eigenvalue weighted by Crippen LogP contribution is 2.39. The average molecular weight is 405 g/mol. The van der Waals surface area contributed by atoms with Crippen molar-refractivity contribution in [2.24, 2.45) is 0 Å². The van der Waals surface area contributed by atoms with Crippen molar-refractivity contribution < 1.29 is 19.1 Å². The Morgan fingerprint density at radius 3 is 2.45 bits per heavy atom. The molecular formula is C23H36N2O4. The highest BCUT2D eigenvalue weighted by Gasteiger charge is 2.32. The second kappa shape index (κ2) is 11.7. The van der Waals surface area contributed by atoms with E-state index in [1.807, 2.05) is 28.0 Å². The van der Waals surface area contributed by atoms with E-state index in [-0.39, 0.29) is 17.9 Å². The molecule has 6 heteroatoms. The van der Waals surface area contributed by atoms with Crippen LogP contribution in [-0.2, 0) is 9.59 Å². The van der Waals surface area contributed by atoms with Crippen LogP contribution in [0.1, 0.15) is 70.4 Å². The van der Waals surface area contributed by atoms with Crippen LogP contribution in [0.5, 0.6) is 11.5 Å². The van der Waals surface area contributed by atoms with Crippen molar-refractivity contribution in [1.29, 1.82) is 0 Å². The number of ether oxygens (including phenoxy) is 2. The molecule has 0 bridgehead atoms. The average Bonchev–Trinajstić information content (AvgIpc) is 3.22. The molecule has 1 unspecified atom stereocenters. The Kier molecular flexibility index (Phi) is 9.29. The van der Waals surface area contributed by atoms with Crippen molar-refractivity contribution >= 4 is 11.8 Å². The molecular weight excluding hydrogens is 368 g/mol. The molecule has 1 aromatic rings.